The second kappa shape index (κ2) is 15.0. The van der Waals surface area contributed by atoms with Gasteiger partial charge in [-0.25, -0.2) is 4.85 Å². The van der Waals surface area contributed by atoms with Gasteiger partial charge in [-0.15, -0.1) is 0 Å². The number of rotatable bonds is 8. The van der Waals surface area contributed by atoms with Crippen molar-refractivity contribution in [1.29, 1.82) is 0 Å². The molecule has 0 saturated carbocycles. The number of piperidine rings is 3. The fraction of sp³-hybridized carbons (Fsp3) is 0.488. The summed E-state index contributed by atoms with van der Waals surface area (Å²) in [5, 5.41) is 9.29. The summed E-state index contributed by atoms with van der Waals surface area (Å²) in [5.41, 5.74) is -0.412. The maximum Gasteiger partial charge on any atom is 0.407 e. The Labute approximate surface area is 333 Å². The Kier molecular flexibility index (Phi) is 10.1. The molecule has 0 radical (unpaired) electrons. The van der Waals surface area contributed by atoms with Crippen molar-refractivity contribution in [2.24, 2.45) is 0 Å². The Balaban J connectivity index is 0.794. The molecule has 0 spiro atoms. The van der Waals surface area contributed by atoms with Crippen molar-refractivity contribution in [2.45, 2.75) is 88.1 Å². The van der Waals surface area contributed by atoms with E-state index in [1.54, 1.807) is 36.9 Å². The number of amides is 5. The van der Waals surface area contributed by atoms with Gasteiger partial charge in [0.25, 0.3) is 17.7 Å². The van der Waals surface area contributed by atoms with Crippen LogP contribution in [0.1, 0.15) is 90.1 Å². The SMILES string of the molecule is [C-]#[N+]c1ccc(NC(=O)C(C)(C)n2cc(C3CCN(C4CCN(C5CN(c6ccc7c(c6)C(=O)N(C6CCC(=O)NC6=O)C7=O)C5)CC4)CC3)cn2)cc1C(F)(F)F. The van der Waals surface area contributed by atoms with Crippen LogP contribution in [0.4, 0.5) is 30.2 Å². The normalized spacial score (nSPS) is 21.8. The van der Waals surface area contributed by atoms with E-state index in [1.807, 2.05) is 12.3 Å². The molecule has 2 aromatic carbocycles. The molecule has 8 rings (SSSR count). The lowest BCUT2D eigenvalue weighted by Gasteiger charge is -2.50. The molecule has 0 aliphatic carbocycles. The van der Waals surface area contributed by atoms with Crippen LogP contribution < -0.4 is 15.5 Å². The third-order valence-corrected chi connectivity index (χ3v) is 12.6. The number of alkyl halides is 3. The number of hydrogen-bond donors (Lipinski definition) is 2. The number of anilines is 2. The summed E-state index contributed by atoms with van der Waals surface area (Å²) < 4.78 is 42.0. The first-order valence-corrected chi connectivity index (χ1v) is 19.7. The van der Waals surface area contributed by atoms with Gasteiger partial charge in [0.15, 0.2) is 5.69 Å². The van der Waals surface area contributed by atoms with E-state index >= 15 is 0 Å². The van der Waals surface area contributed by atoms with Crippen LogP contribution in [0.3, 0.4) is 0 Å². The zero-order valence-corrected chi connectivity index (χ0v) is 32.2. The molecule has 1 atom stereocenters. The van der Waals surface area contributed by atoms with E-state index in [-0.39, 0.29) is 35.6 Å². The summed E-state index contributed by atoms with van der Waals surface area (Å²) in [4.78, 5) is 75.0. The quantitative estimate of drug-likeness (QED) is 0.244. The van der Waals surface area contributed by atoms with E-state index in [0.29, 0.717) is 12.1 Å². The van der Waals surface area contributed by atoms with E-state index in [9.17, 15) is 37.1 Å². The minimum absolute atomic E-state index is 0.0470. The zero-order valence-electron chi connectivity index (χ0n) is 32.2. The highest BCUT2D eigenvalue weighted by molar-refractivity contribution is 6.23. The van der Waals surface area contributed by atoms with Gasteiger partial charge in [-0.2, -0.15) is 18.3 Å². The Morgan fingerprint density at radius 2 is 1.55 bits per heavy atom. The van der Waals surface area contributed by atoms with Gasteiger partial charge in [0, 0.05) is 62.3 Å². The van der Waals surface area contributed by atoms with Crippen molar-refractivity contribution in [3.8, 4) is 0 Å². The van der Waals surface area contributed by atoms with Crippen LogP contribution in [0.5, 0.6) is 0 Å². The minimum atomic E-state index is -4.73. The molecule has 14 nitrogen and oxygen atoms in total. The molecule has 5 aliphatic rings. The summed E-state index contributed by atoms with van der Waals surface area (Å²) >= 11 is 0. The van der Waals surface area contributed by atoms with E-state index in [1.165, 1.54) is 6.07 Å². The smallest absolute Gasteiger partial charge is 0.368 e. The van der Waals surface area contributed by atoms with Crippen LogP contribution in [0.15, 0.2) is 48.8 Å². The zero-order chi connectivity index (χ0) is 41.1. The van der Waals surface area contributed by atoms with Gasteiger partial charge >= 0.3 is 6.18 Å². The second-order valence-electron chi connectivity index (χ2n) is 16.4. The number of aromatic nitrogens is 2. The van der Waals surface area contributed by atoms with E-state index in [0.717, 1.165) is 93.2 Å². The van der Waals surface area contributed by atoms with Gasteiger partial charge in [0.2, 0.25) is 11.8 Å². The van der Waals surface area contributed by atoms with Gasteiger partial charge in [0.05, 0.1) is 29.5 Å². The molecule has 2 N–H and O–H groups in total. The summed E-state index contributed by atoms with van der Waals surface area (Å²) in [5.74, 6) is -2.30. The van der Waals surface area contributed by atoms with Crippen molar-refractivity contribution in [3.63, 3.8) is 0 Å². The first-order chi connectivity index (χ1) is 27.6. The van der Waals surface area contributed by atoms with Gasteiger partial charge in [-0.05, 0) is 101 Å². The predicted molar refractivity (Wildman–Crippen MR) is 205 cm³/mol. The molecule has 304 valence electrons. The highest BCUT2D eigenvalue weighted by Crippen LogP contribution is 2.39. The van der Waals surface area contributed by atoms with E-state index in [2.05, 4.69) is 35.3 Å². The van der Waals surface area contributed by atoms with Crippen molar-refractivity contribution in [1.82, 2.24) is 29.8 Å². The third kappa shape index (κ3) is 7.23. The molecule has 3 aromatic rings. The van der Waals surface area contributed by atoms with Gasteiger partial charge in [0.1, 0.15) is 11.6 Å². The Bertz CT molecular complexity index is 2210. The van der Waals surface area contributed by atoms with Crippen LogP contribution in [-0.2, 0) is 26.1 Å². The highest BCUT2D eigenvalue weighted by Gasteiger charge is 2.45. The molecular weight excluding hydrogens is 756 g/mol. The number of likely N-dealkylation sites (tertiary alicyclic amines) is 2. The number of imide groups is 2. The van der Waals surface area contributed by atoms with E-state index in [4.69, 9.17) is 6.57 Å². The van der Waals surface area contributed by atoms with Gasteiger partial charge in [-0.3, -0.25) is 43.8 Å². The lowest BCUT2D eigenvalue weighted by atomic mass is 9.89. The van der Waals surface area contributed by atoms with Gasteiger partial charge in [-0.1, -0.05) is 6.07 Å². The topological polar surface area (TPSA) is 145 Å². The maximum absolute atomic E-state index is 13.5. The number of fused-ring (bicyclic) bond motifs is 1. The average molecular weight is 800 g/mol. The number of nitrogens with zero attached hydrogens (tertiary/aromatic N) is 7. The molecular formula is C41H44F3N9O5. The molecule has 5 aliphatic heterocycles. The molecule has 1 unspecified atom stereocenters. The van der Waals surface area contributed by atoms with E-state index < -0.39 is 58.5 Å². The van der Waals surface area contributed by atoms with Crippen LogP contribution in [-0.4, -0.2) is 111 Å². The number of nitrogens with one attached hydrogen (secondary N) is 2. The molecule has 1 aromatic heterocycles. The largest absolute Gasteiger partial charge is 0.407 e. The summed E-state index contributed by atoms with van der Waals surface area (Å²) in [7, 11) is 0. The van der Waals surface area contributed by atoms with Crippen molar-refractivity contribution in [2.75, 3.05) is 49.5 Å². The van der Waals surface area contributed by atoms with Crippen molar-refractivity contribution < 1.29 is 37.1 Å². The molecule has 4 fully saturated rings. The summed E-state index contributed by atoms with van der Waals surface area (Å²) in [6, 6.07) is 8.28. The van der Waals surface area contributed by atoms with Crippen LogP contribution in [0, 0.1) is 6.57 Å². The lowest BCUT2D eigenvalue weighted by Crippen LogP contribution is -2.62. The average Bonchev–Trinajstić information content (AvgIpc) is 3.78. The van der Waals surface area contributed by atoms with Gasteiger partial charge < -0.3 is 15.1 Å². The first-order valence-electron chi connectivity index (χ1n) is 19.7. The summed E-state index contributed by atoms with van der Waals surface area (Å²) in [6.07, 6.45) is 3.14. The fourth-order valence-corrected chi connectivity index (χ4v) is 8.95. The van der Waals surface area contributed by atoms with Crippen LogP contribution in [0.25, 0.3) is 4.85 Å². The number of hydrogen-bond acceptors (Lipinski definition) is 9. The fourth-order valence-electron chi connectivity index (χ4n) is 8.95. The minimum Gasteiger partial charge on any atom is -0.368 e. The molecule has 17 heteroatoms. The predicted octanol–water partition coefficient (Wildman–Crippen LogP) is 4.76. The highest BCUT2D eigenvalue weighted by atomic mass is 19.4. The molecule has 58 heavy (non-hydrogen) atoms. The molecule has 0 bridgehead atoms. The first kappa shape index (κ1) is 39.2. The lowest BCUT2D eigenvalue weighted by molar-refractivity contribution is -0.137. The van der Waals surface area contributed by atoms with Crippen molar-refractivity contribution >= 4 is 46.6 Å². The number of halogens is 3. The number of carbonyl (C=O) groups excluding carboxylic acids is 5. The molecule has 6 heterocycles. The second-order valence-corrected chi connectivity index (χ2v) is 16.4. The molecule has 4 saturated heterocycles. The Morgan fingerprint density at radius 1 is 0.879 bits per heavy atom. The number of benzene rings is 2. The number of carbonyl (C=O) groups is 5. The Morgan fingerprint density at radius 3 is 2.22 bits per heavy atom. The van der Waals surface area contributed by atoms with Crippen LogP contribution >= 0.6 is 0 Å². The third-order valence-electron chi connectivity index (χ3n) is 12.6. The summed E-state index contributed by atoms with van der Waals surface area (Å²) in [6.45, 7) is 15.9. The molecule has 5 amide bonds. The Hall–Kier alpha value is -5.60. The van der Waals surface area contributed by atoms with Crippen LogP contribution in [0.2, 0.25) is 0 Å². The van der Waals surface area contributed by atoms with Crippen molar-refractivity contribution in [3.05, 3.63) is 82.5 Å². The monoisotopic (exact) mass is 799 g/mol. The standard InChI is InChI=1S/C41H44F3N9O5/c1-40(2,39(58)47-26-4-7-33(45-3)32(18-26)41(42,43)44)52-21-25(20-46-52)24-10-14-49(15-11-24)27-12-16-50(17-13-27)29-22-51(23-29)28-5-6-30-31(19-28)38(57)53(37(30)56)34-8-9-35(54)48-36(34)55/h4-7,18-21,24,27,29,34H,8-17,22-23H2,1-2H3,(H,47,58)(H,48,54,55). The maximum atomic E-state index is 13.5.